The Morgan fingerprint density at radius 1 is 1.12 bits per heavy atom. The molecular weight excluding hydrogens is 344 g/mol. The lowest BCUT2D eigenvalue weighted by Gasteiger charge is -2.22. The summed E-state index contributed by atoms with van der Waals surface area (Å²) in [7, 11) is 0. The van der Waals surface area contributed by atoms with E-state index in [-0.39, 0.29) is 12.0 Å². The van der Waals surface area contributed by atoms with E-state index >= 15 is 0 Å². The van der Waals surface area contributed by atoms with Crippen molar-refractivity contribution < 1.29 is 9.53 Å². The predicted octanol–water partition coefficient (Wildman–Crippen LogP) is 4.92. The molecule has 2 aromatic carbocycles. The highest BCUT2D eigenvalue weighted by atomic mass is 32.1. The maximum atomic E-state index is 11.9. The number of benzene rings is 2. The largest absolute Gasteiger partial charge is 0.462 e. The van der Waals surface area contributed by atoms with Crippen LogP contribution in [0.2, 0.25) is 0 Å². The molecule has 0 saturated carbocycles. The Hall–Kier alpha value is -2.40. The van der Waals surface area contributed by atoms with E-state index in [1.165, 1.54) is 11.1 Å². The van der Waals surface area contributed by atoms with Crippen LogP contribution >= 0.6 is 12.2 Å². The molecule has 0 radical (unpaired) electrons. The maximum Gasteiger partial charge on any atom is 0.338 e. The molecule has 0 bridgehead atoms. The maximum absolute atomic E-state index is 11.9. The number of ether oxygens (including phenoxy) is 1. The van der Waals surface area contributed by atoms with Gasteiger partial charge in [-0.15, -0.1) is 0 Å². The molecule has 5 heteroatoms. The number of aryl methyl sites for hydroxylation is 2. The molecule has 0 spiro atoms. The van der Waals surface area contributed by atoms with Crippen LogP contribution in [-0.2, 0) is 4.74 Å². The number of esters is 1. The van der Waals surface area contributed by atoms with Crippen molar-refractivity contribution in [2.75, 3.05) is 11.9 Å². The van der Waals surface area contributed by atoms with Crippen LogP contribution in [0.4, 0.5) is 5.69 Å². The summed E-state index contributed by atoms with van der Waals surface area (Å²) in [5.41, 5.74) is 4.78. The Morgan fingerprint density at radius 2 is 1.85 bits per heavy atom. The highest BCUT2D eigenvalue weighted by Gasteiger charge is 2.14. The van der Waals surface area contributed by atoms with Crippen LogP contribution in [-0.4, -0.2) is 17.7 Å². The van der Waals surface area contributed by atoms with Gasteiger partial charge in [-0.3, -0.25) is 0 Å². The predicted molar refractivity (Wildman–Crippen MR) is 111 cm³/mol. The van der Waals surface area contributed by atoms with Crippen LogP contribution in [0.5, 0.6) is 0 Å². The van der Waals surface area contributed by atoms with Gasteiger partial charge in [-0.2, -0.15) is 0 Å². The zero-order valence-electron chi connectivity index (χ0n) is 15.8. The van der Waals surface area contributed by atoms with Crippen LogP contribution in [0.15, 0.2) is 42.5 Å². The van der Waals surface area contributed by atoms with Gasteiger partial charge >= 0.3 is 5.97 Å². The third kappa shape index (κ3) is 5.05. The highest BCUT2D eigenvalue weighted by Crippen LogP contribution is 2.22. The summed E-state index contributed by atoms with van der Waals surface area (Å²) >= 11 is 5.50. The Morgan fingerprint density at radius 3 is 2.50 bits per heavy atom. The second-order valence-corrected chi connectivity index (χ2v) is 6.57. The molecule has 0 heterocycles. The summed E-state index contributed by atoms with van der Waals surface area (Å²) < 4.78 is 5.07. The molecule has 0 amide bonds. The van der Waals surface area contributed by atoms with E-state index < -0.39 is 0 Å². The summed E-state index contributed by atoms with van der Waals surface area (Å²) in [6.45, 7) is 8.34. The monoisotopic (exact) mass is 370 g/mol. The van der Waals surface area contributed by atoms with Gasteiger partial charge in [0.05, 0.1) is 18.2 Å². The zero-order chi connectivity index (χ0) is 19.1. The molecule has 4 nitrogen and oxygen atoms in total. The van der Waals surface area contributed by atoms with Crippen LogP contribution in [0, 0.1) is 13.8 Å². The lowest BCUT2D eigenvalue weighted by molar-refractivity contribution is 0.0526. The fourth-order valence-corrected chi connectivity index (χ4v) is 3.04. The standard InChI is InChI=1S/C21H26N2O2S/c1-5-18(17-10-8-7-9-14(17)3)22-21(26)23-19-13-16(12-11-15(19)4)20(24)25-6-2/h7-13,18H,5-6H2,1-4H3,(H2,22,23,26)/t18-/m0/s1. The smallest absolute Gasteiger partial charge is 0.338 e. The van der Waals surface area contributed by atoms with Crippen molar-refractivity contribution in [1.82, 2.24) is 5.32 Å². The molecule has 0 aliphatic rings. The minimum absolute atomic E-state index is 0.129. The third-order valence-electron chi connectivity index (χ3n) is 4.27. The van der Waals surface area contributed by atoms with E-state index in [0.717, 1.165) is 17.7 Å². The average molecular weight is 371 g/mol. The van der Waals surface area contributed by atoms with Crippen molar-refractivity contribution in [2.45, 2.75) is 40.2 Å². The molecule has 2 aromatic rings. The molecular formula is C21H26N2O2S. The SMILES string of the molecule is CCOC(=O)c1ccc(C)c(NC(=S)N[C@@H](CC)c2ccccc2C)c1. The van der Waals surface area contributed by atoms with Gasteiger partial charge in [-0.1, -0.05) is 37.3 Å². The van der Waals surface area contributed by atoms with Gasteiger partial charge in [-0.05, 0) is 68.2 Å². The first-order chi connectivity index (χ1) is 12.5. The minimum Gasteiger partial charge on any atom is -0.462 e. The van der Waals surface area contributed by atoms with Crippen LogP contribution in [0.3, 0.4) is 0 Å². The van der Waals surface area contributed by atoms with Crippen molar-refractivity contribution in [3.05, 3.63) is 64.7 Å². The van der Waals surface area contributed by atoms with E-state index in [1.54, 1.807) is 19.1 Å². The third-order valence-corrected chi connectivity index (χ3v) is 4.49. The number of anilines is 1. The van der Waals surface area contributed by atoms with Crippen molar-refractivity contribution in [3.63, 3.8) is 0 Å². The number of hydrogen-bond donors (Lipinski definition) is 2. The molecule has 1 atom stereocenters. The Bertz CT molecular complexity index is 789. The highest BCUT2D eigenvalue weighted by molar-refractivity contribution is 7.80. The summed E-state index contributed by atoms with van der Waals surface area (Å²) in [5.74, 6) is -0.333. The first kappa shape index (κ1) is 19.9. The van der Waals surface area contributed by atoms with Gasteiger partial charge in [0.25, 0.3) is 0 Å². The number of carbonyl (C=O) groups is 1. The average Bonchev–Trinajstić information content (AvgIpc) is 2.62. The molecule has 2 N–H and O–H groups in total. The van der Waals surface area contributed by atoms with Gasteiger partial charge < -0.3 is 15.4 Å². The van der Waals surface area contributed by atoms with Gasteiger partial charge in [0.15, 0.2) is 5.11 Å². The number of nitrogens with one attached hydrogen (secondary N) is 2. The van der Waals surface area contributed by atoms with Gasteiger partial charge in [0, 0.05) is 5.69 Å². The Kier molecular flexibility index (Phi) is 7.16. The minimum atomic E-state index is -0.333. The Balaban J connectivity index is 2.12. The number of thiocarbonyl (C=S) groups is 1. The van der Waals surface area contributed by atoms with Crippen molar-refractivity contribution in [1.29, 1.82) is 0 Å². The first-order valence-electron chi connectivity index (χ1n) is 8.87. The van der Waals surface area contributed by atoms with E-state index in [0.29, 0.717) is 17.3 Å². The first-order valence-corrected chi connectivity index (χ1v) is 9.27. The van der Waals surface area contributed by atoms with Crippen LogP contribution < -0.4 is 10.6 Å². The quantitative estimate of drug-likeness (QED) is 0.558. The fraction of sp³-hybridized carbons (Fsp3) is 0.333. The lowest BCUT2D eigenvalue weighted by Crippen LogP contribution is -2.32. The normalized spacial score (nSPS) is 11.5. The summed E-state index contributed by atoms with van der Waals surface area (Å²) in [4.78, 5) is 11.9. The fourth-order valence-electron chi connectivity index (χ4n) is 2.79. The summed E-state index contributed by atoms with van der Waals surface area (Å²) in [5, 5.41) is 7.12. The molecule has 0 aromatic heterocycles. The van der Waals surface area contributed by atoms with Crippen molar-refractivity contribution in [2.24, 2.45) is 0 Å². The van der Waals surface area contributed by atoms with E-state index in [2.05, 4.69) is 36.6 Å². The second kappa shape index (κ2) is 9.34. The van der Waals surface area contributed by atoms with Gasteiger partial charge in [0.1, 0.15) is 0 Å². The molecule has 0 aliphatic heterocycles. The summed E-state index contributed by atoms with van der Waals surface area (Å²) in [6.07, 6.45) is 0.911. The number of hydrogen-bond acceptors (Lipinski definition) is 3. The molecule has 2 rings (SSSR count). The van der Waals surface area contributed by atoms with Crippen molar-refractivity contribution >= 4 is 29.0 Å². The number of rotatable bonds is 6. The molecule has 0 unspecified atom stereocenters. The molecule has 0 fully saturated rings. The zero-order valence-corrected chi connectivity index (χ0v) is 16.6. The Labute approximate surface area is 161 Å². The van der Waals surface area contributed by atoms with E-state index in [4.69, 9.17) is 17.0 Å². The summed E-state index contributed by atoms with van der Waals surface area (Å²) in [6, 6.07) is 13.8. The van der Waals surface area contributed by atoms with Crippen LogP contribution in [0.25, 0.3) is 0 Å². The van der Waals surface area contributed by atoms with E-state index in [1.807, 2.05) is 25.1 Å². The molecule has 0 aliphatic carbocycles. The van der Waals surface area contributed by atoms with Gasteiger partial charge in [-0.25, -0.2) is 4.79 Å². The molecule has 0 saturated heterocycles. The number of carbonyl (C=O) groups excluding carboxylic acids is 1. The van der Waals surface area contributed by atoms with Crippen LogP contribution in [0.1, 0.15) is 53.4 Å². The topological polar surface area (TPSA) is 50.4 Å². The van der Waals surface area contributed by atoms with Gasteiger partial charge in [0.2, 0.25) is 0 Å². The molecule has 138 valence electrons. The van der Waals surface area contributed by atoms with E-state index in [9.17, 15) is 4.79 Å². The molecule has 26 heavy (non-hydrogen) atoms. The lowest BCUT2D eigenvalue weighted by atomic mass is 9.99. The van der Waals surface area contributed by atoms with Crippen molar-refractivity contribution in [3.8, 4) is 0 Å². The second-order valence-electron chi connectivity index (χ2n) is 6.17.